The van der Waals surface area contributed by atoms with Gasteiger partial charge in [-0.05, 0) is 106 Å². The molecule has 1 aromatic carbocycles. The zero-order valence-corrected chi connectivity index (χ0v) is 56.6. The Hall–Kier alpha value is -6.53. The highest BCUT2D eigenvalue weighted by Gasteiger charge is 2.50. The van der Waals surface area contributed by atoms with Crippen LogP contribution in [0.25, 0.3) is 0 Å². The van der Waals surface area contributed by atoms with E-state index in [1.54, 1.807) is 13.8 Å². The molecular weight excluding hydrogens is 1220 g/mol. The number of amides is 11. The van der Waals surface area contributed by atoms with Crippen LogP contribution >= 0.6 is 11.6 Å². The number of rotatable bonds is 11. The first-order valence-electron chi connectivity index (χ1n) is 33.2. The van der Waals surface area contributed by atoms with Crippen LogP contribution in [0.5, 0.6) is 0 Å². The van der Waals surface area contributed by atoms with Gasteiger partial charge in [0.25, 0.3) is 0 Å². The van der Waals surface area contributed by atoms with Crippen molar-refractivity contribution in [1.82, 2.24) is 55.6 Å². The molecule has 0 aromatic heterocycles. The molecule has 3 aliphatic carbocycles. The summed E-state index contributed by atoms with van der Waals surface area (Å²) < 4.78 is 41.4. The van der Waals surface area contributed by atoms with Gasteiger partial charge in [0.1, 0.15) is 41.8 Å². The van der Waals surface area contributed by atoms with E-state index < -0.39 is 155 Å². The standard InChI is InChI=1S/C66H101ClF3N11O11/c1-12-41(4)57-63(91)77(8)38-55(84)75(6)39-56(85)79(10)52(36-43-20-14-13-15-21-43)62(90)76(7)37-53(82)72-48(28-26-45-25-27-46(47(67)34-45)66(68,69)70)61(89)81-31-19-24-49(81)60(88)74-65(29-16-17-30-65)64(92)80(11)51(35-44-22-18-23-44)58(86)71-42(5)33-54(83)78(9)50(32-40(2)3)59(87)73-57/h25,27,34,40-44,48-52,57H,12-24,26,28-33,35-39H2,1-11H3,(H,71,86)(H,72,82)(H,73,87)(H,74,88)/t41-,42+,48-,49?,50-,51-,52-,57-/m0/s1. The Balaban J connectivity index is 1.36. The molecule has 5 fully saturated rings. The number of halogens is 4. The number of hydrogen-bond donors (Lipinski definition) is 4. The van der Waals surface area contributed by atoms with Crippen molar-refractivity contribution in [3.05, 3.63) is 34.3 Å². The summed E-state index contributed by atoms with van der Waals surface area (Å²) in [7, 11) is 8.64. The maximum Gasteiger partial charge on any atom is 0.417 e. The molecule has 0 bridgehead atoms. The van der Waals surface area contributed by atoms with Crippen LogP contribution in [0, 0.1) is 23.7 Å². The molecule has 1 unspecified atom stereocenters. The maximum atomic E-state index is 15.2. The minimum atomic E-state index is -4.74. The molecule has 1 spiro atoms. The summed E-state index contributed by atoms with van der Waals surface area (Å²) in [6.07, 6.45) is 5.13. The number of hydrogen-bond acceptors (Lipinski definition) is 11. The van der Waals surface area contributed by atoms with E-state index in [1.165, 1.54) is 72.9 Å². The molecule has 8 atom stereocenters. The normalized spacial score (nSPS) is 26.9. The lowest BCUT2D eigenvalue weighted by Crippen LogP contribution is -2.64. The molecule has 1 aromatic rings. The Morgan fingerprint density at radius 3 is 1.79 bits per heavy atom. The minimum Gasteiger partial charge on any atom is -0.351 e. The van der Waals surface area contributed by atoms with Gasteiger partial charge in [-0.25, -0.2) is 0 Å². The summed E-state index contributed by atoms with van der Waals surface area (Å²) in [6, 6.07) is -4.44. The van der Waals surface area contributed by atoms with E-state index in [2.05, 4.69) is 21.3 Å². The van der Waals surface area contributed by atoms with E-state index >= 15 is 9.59 Å². The molecule has 92 heavy (non-hydrogen) atoms. The van der Waals surface area contributed by atoms with Crippen LogP contribution in [0.15, 0.2) is 18.2 Å². The van der Waals surface area contributed by atoms with Crippen molar-refractivity contribution < 1.29 is 65.9 Å². The van der Waals surface area contributed by atoms with Crippen LogP contribution in [0.3, 0.4) is 0 Å². The second kappa shape index (κ2) is 33.0. The summed E-state index contributed by atoms with van der Waals surface area (Å²) in [5.74, 6) is -7.02. The predicted octanol–water partition coefficient (Wildman–Crippen LogP) is 5.70. The molecule has 11 amide bonds. The van der Waals surface area contributed by atoms with Gasteiger partial charge in [-0.1, -0.05) is 116 Å². The van der Waals surface area contributed by atoms with Crippen molar-refractivity contribution in [2.24, 2.45) is 23.7 Å². The van der Waals surface area contributed by atoms with Crippen molar-refractivity contribution in [3.8, 4) is 0 Å². The summed E-state index contributed by atoms with van der Waals surface area (Å²) in [6.45, 7) is 7.53. The van der Waals surface area contributed by atoms with Gasteiger partial charge in [-0.2, -0.15) is 13.2 Å². The number of likely N-dealkylation sites (N-methyl/N-ethyl adjacent to an activating group) is 6. The first-order chi connectivity index (χ1) is 43.3. The number of fused-ring (bicyclic) bond motifs is 1. The number of carbonyl (C=O) groups is 11. The average Bonchev–Trinajstić information content (AvgIpc) is 1.52. The third-order valence-corrected chi connectivity index (χ3v) is 20.2. The highest BCUT2D eigenvalue weighted by atomic mass is 35.5. The SMILES string of the molecule is CC[C@H](C)[C@@H]1NC(=O)[C@H](CC(C)C)N(C)C(=O)C[C@@H](C)NC(=O)[C@H](CC2CCC2)N(C)C(=O)C2(CCCC2)NC(=O)C2CCCN2C(=O)[C@H](CCc2ccc(C(F)(F)F)c(Cl)c2)NC(=O)CN(C)C(=O)[C@H](CC2CCCCC2)N(C)C(=O)CN(C)C(=O)CN(C)C1=O. The fraction of sp³-hybridized carbons (Fsp3) is 0.742. The Bertz CT molecular complexity index is 2830. The second-order valence-electron chi connectivity index (χ2n) is 27.4. The molecule has 3 saturated carbocycles. The van der Waals surface area contributed by atoms with Crippen molar-refractivity contribution in [2.45, 2.75) is 223 Å². The topological polar surface area (TPSA) is 259 Å². The van der Waals surface area contributed by atoms with Gasteiger partial charge in [-0.3, -0.25) is 52.7 Å². The van der Waals surface area contributed by atoms with Crippen LogP contribution < -0.4 is 21.3 Å². The lowest BCUT2D eigenvalue weighted by Gasteiger charge is -2.40. The summed E-state index contributed by atoms with van der Waals surface area (Å²) in [5.41, 5.74) is -2.22. The number of nitrogens with zero attached hydrogens (tertiary/aromatic N) is 7. The van der Waals surface area contributed by atoms with Crippen molar-refractivity contribution in [2.75, 3.05) is 68.5 Å². The van der Waals surface area contributed by atoms with Crippen LogP contribution in [0.4, 0.5) is 13.2 Å². The lowest BCUT2D eigenvalue weighted by molar-refractivity contribution is -0.149. The van der Waals surface area contributed by atoms with Gasteiger partial charge >= 0.3 is 6.18 Å². The van der Waals surface area contributed by atoms with Gasteiger partial charge in [0.2, 0.25) is 65.0 Å². The van der Waals surface area contributed by atoms with E-state index in [1.807, 2.05) is 20.8 Å². The Labute approximate surface area is 545 Å². The Morgan fingerprint density at radius 1 is 0.620 bits per heavy atom. The first-order valence-corrected chi connectivity index (χ1v) is 33.6. The zero-order valence-electron chi connectivity index (χ0n) is 55.9. The second-order valence-corrected chi connectivity index (χ2v) is 27.8. The van der Waals surface area contributed by atoms with Crippen molar-refractivity contribution >= 4 is 76.6 Å². The predicted molar refractivity (Wildman–Crippen MR) is 340 cm³/mol. The first kappa shape index (κ1) is 74.5. The van der Waals surface area contributed by atoms with Crippen molar-refractivity contribution in [1.29, 1.82) is 0 Å². The van der Waals surface area contributed by atoms with Crippen LogP contribution in [-0.2, 0) is 65.3 Å². The Morgan fingerprint density at radius 2 is 1.21 bits per heavy atom. The third kappa shape index (κ3) is 19.3. The van der Waals surface area contributed by atoms with Crippen LogP contribution in [-0.4, -0.2) is 216 Å². The fourth-order valence-corrected chi connectivity index (χ4v) is 13.9. The number of carbonyl (C=O) groups excluding carboxylic acids is 11. The van der Waals surface area contributed by atoms with E-state index in [0.29, 0.717) is 37.7 Å². The quantitative estimate of drug-likeness (QED) is 0.209. The molecule has 2 heterocycles. The number of alkyl halides is 3. The molecule has 6 rings (SSSR count). The molecule has 22 nitrogen and oxygen atoms in total. The number of benzene rings is 1. The highest BCUT2D eigenvalue weighted by molar-refractivity contribution is 6.31. The van der Waals surface area contributed by atoms with Gasteiger partial charge in [0.05, 0.1) is 30.2 Å². The largest absolute Gasteiger partial charge is 0.417 e. The summed E-state index contributed by atoms with van der Waals surface area (Å²) in [5, 5.41) is 11.1. The molecule has 0 radical (unpaired) electrons. The Kier molecular flexibility index (Phi) is 26.8. The summed E-state index contributed by atoms with van der Waals surface area (Å²) >= 11 is 6.12. The molecule has 26 heteroatoms. The van der Waals surface area contributed by atoms with Crippen LogP contribution in [0.1, 0.15) is 174 Å². The minimum absolute atomic E-state index is 0.0356. The highest BCUT2D eigenvalue weighted by Crippen LogP contribution is 2.38. The van der Waals surface area contributed by atoms with E-state index in [-0.39, 0.29) is 75.7 Å². The molecule has 4 N–H and O–H groups in total. The molecule has 514 valence electrons. The van der Waals surface area contributed by atoms with Crippen molar-refractivity contribution in [3.63, 3.8) is 0 Å². The smallest absolute Gasteiger partial charge is 0.351 e. The lowest BCUT2D eigenvalue weighted by atomic mass is 9.80. The fourth-order valence-electron chi connectivity index (χ4n) is 13.6. The van der Waals surface area contributed by atoms with E-state index in [4.69, 9.17) is 11.6 Å². The number of aryl methyl sites for hydroxylation is 1. The average molecular weight is 1320 g/mol. The molecule has 5 aliphatic rings. The molecule has 2 saturated heterocycles. The molecule has 2 aliphatic heterocycles. The van der Waals surface area contributed by atoms with Gasteiger partial charge in [0, 0.05) is 61.3 Å². The summed E-state index contributed by atoms with van der Waals surface area (Å²) in [4.78, 5) is 169. The van der Waals surface area contributed by atoms with Gasteiger partial charge < -0.3 is 55.6 Å². The zero-order chi connectivity index (χ0) is 68.1. The van der Waals surface area contributed by atoms with Crippen LogP contribution in [0.2, 0.25) is 5.02 Å². The van der Waals surface area contributed by atoms with Gasteiger partial charge in [0.15, 0.2) is 0 Å². The van der Waals surface area contributed by atoms with E-state index in [0.717, 1.165) is 73.3 Å². The molecular formula is C66H101ClF3N11O11. The third-order valence-electron chi connectivity index (χ3n) is 19.9. The number of nitrogens with one attached hydrogen (secondary N) is 4. The van der Waals surface area contributed by atoms with E-state index in [9.17, 15) is 56.3 Å². The van der Waals surface area contributed by atoms with Gasteiger partial charge in [-0.15, -0.1) is 0 Å². The maximum absolute atomic E-state index is 15.2. The monoisotopic (exact) mass is 1320 g/mol.